The maximum atomic E-state index is 13.6. The molecule has 2 rings (SSSR count). The minimum absolute atomic E-state index is 0.0499. The van der Waals surface area contributed by atoms with Gasteiger partial charge in [0.15, 0.2) is 0 Å². The van der Waals surface area contributed by atoms with Crippen LogP contribution in [0, 0.1) is 5.82 Å². The van der Waals surface area contributed by atoms with Gasteiger partial charge < -0.3 is 5.32 Å². The zero-order valence-corrected chi connectivity index (χ0v) is 15.9. The number of nitrogens with one attached hydrogen (secondary N) is 1. The quantitative estimate of drug-likeness (QED) is 0.480. The molecule has 2 aromatic carbocycles. The smallest absolute Gasteiger partial charge is 0.230 e. The van der Waals surface area contributed by atoms with Gasteiger partial charge in [0, 0.05) is 33.0 Å². The second kappa shape index (κ2) is 10.2. The van der Waals surface area contributed by atoms with Crippen molar-refractivity contribution in [1.29, 1.82) is 0 Å². The van der Waals surface area contributed by atoms with Crippen molar-refractivity contribution >= 4 is 52.6 Å². The van der Waals surface area contributed by atoms with Crippen molar-refractivity contribution in [1.82, 2.24) is 5.32 Å². The molecule has 24 heavy (non-hydrogen) atoms. The van der Waals surface area contributed by atoms with Crippen molar-refractivity contribution in [2.24, 2.45) is 0 Å². The van der Waals surface area contributed by atoms with E-state index in [2.05, 4.69) is 5.32 Å². The van der Waals surface area contributed by atoms with Crippen LogP contribution < -0.4 is 5.32 Å². The fraction of sp³-hybridized carbons (Fsp3) is 0.235. The standard InChI is InChI=1S/C17H16Cl2FNOS2/c18-13-3-5-15(6-4-13)24-8-7-21-17(22)11-23-10-12-1-2-14(19)9-16(12)20/h1-6,9H,7-8,10-11H2,(H,21,22). The number of benzene rings is 2. The van der Waals surface area contributed by atoms with Crippen molar-refractivity contribution < 1.29 is 9.18 Å². The summed E-state index contributed by atoms with van der Waals surface area (Å²) >= 11 is 14.6. The molecule has 2 nitrogen and oxygen atoms in total. The number of halogens is 3. The topological polar surface area (TPSA) is 29.1 Å². The van der Waals surface area contributed by atoms with Crippen LogP contribution in [-0.4, -0.2) is 24.0 Å². The normalized spacial score (nSPS) is 10.6. The lowest BCUT2D eigenvalue weighted by molar-refractivity contribution is -0.118. The van der Waals surface area contributed by atoms with Gasteiger partial charge in [-0.15, -0.1) is 23.5 Å². The summed E-state index contributed by atoms with van der Waals surface area (Å²) in [6.07, 6.45) is 0. The number of amides is 1. The molecule has 0 atom stereocenters. The van der Waals surface area contributed by atoms with Crippen LogP contribution >= 0.6 is 46.7 Å². The lowest BCUT2D eigenvalue weighted by Gasteiger charge is -2.06. The van der Waals surface area contributed by atoms with E-state index in [1.54, 1.807) is 23.9 Å². The zero-order chi connectivity index (χ0) is 17.4. The second-order valence-electron chi connectivity index (χ2n) is 4.88. The molecule has 0 heterocycles. The molecule has 0 radical (unpaired) electrons. The molecule has 1 amide bonds. The molecule has 0 aliphatic rings. The molecule has 1 N–H and O–H groups in total. The first kappa shape index (κ1) is 19.4. The second-order valence-corrected chi connectivity index (χ2v) is 7.91. The Balaban J connectivity index is 1.60. The molecule has 0 unspecified atom stereocenters. The molecule has 128 valence electrons. The van der Waals surface area contributed by atoms with E-state index in [-0.39, 0.29) is 11.7 Å². The summed E-state index contributed by atoms with van der Waals surface area (Å²) in [5, 5.41) is 3.94. The highest BCUT2D eigenvalue weighted by Gasteiger charge is 2.06. The highest BCUT2D eigenvalue weighted by Crippen LogP contribution is 2.20. The molecular weight excluding hydrogens is 388 g/mol. The van der Waals surface area contributed by atoms with Gasteiger partial charge in [-0.2, -0.15) is 0 Å². The summed E-state index contributed by atoms with van der Waals surface area (Å²) in [7, 11) is 0. The van der Waals surface area contributed by atoms with Gasteiger partial charge in [0.2, 0.25) is 5.91 Å². The van der Waals surface area contributed by atoms with Crippen molar-refractivity contribution in [3.8, 4) is 0 Å². The van der Waals surface area contributed by atoms with E-state index in [0.29, 0.717) is 33.7 Å². The maximum Gasteiger partial charge on any atom is 0.230 e. The summed E-state index contributed by atoms with van der Waals surface area (Å²) < 4.78 is 13.6. The largest absolute Gasteiger partial charge is 0.355 e. The van der Waals surface area contributed by atoms with E-state index in [1.165, 1.54) is 17.8 Å². The van der Waals surface area contributed by atoms with Crippen molar-refractivity contribution in [2.75, 3.05) is 18.1 Å². The van der Waals surface area contributed by atoms with Gasteiger partial charge in [-0.05, 0) is 42.0 Å². The van der Waals surface area contributed by atoms with Gasteiger partial charge in [0.05, 0.1) is 5.75 Å². The van der Waals surface area contributed by atoms with E-state index in [1.807, 2.05) is 24.3 Å². The Hall–Kier alpha value is -0.880. The lowest BCUT2D eigenvalue weighted by atomic mass is 10.2. The average Bonchev–Trinajstić information content (AvgIpc) is 2.55. The third-order valence-electron chi connectivity index (χ3n) is 3.01. The molecule has 2 aromatic rings. The van der Waals surface area contributed by atoms with Crippen LogP contribution in [0.1, 0.15) is 5.56 Å². The summed E-state index contributed by atoms with van der Waals surface area (Å²) in [4.78, 5) is 12.9. The Morgan fingerprint density at radius 1 is 1.08 bits per heavy atom. The summed E-state index contributed by atoms with van der Waals surface area (Å²) in [5.41, 5.74) is 0.551. The minimum Gasteiger partial charge on any atom is -0.355 e. The fourth-order valence-electron chi connectivity index (χ4n) is 1.83. The summed E-state index contributed by atoms with van der Waals surface area (Å²) in [6.45, 7) is 0.585. The Morgan fingerprint density at radius 2 is 1.79 bits per heavy atom. The lowest BCUT2D eigenvalue weighted by Crippen LogP contribution is -2.27. The van der Waals surface area contributed by atoms with E-state index >= 15 is 0 Å². The Morgan fingerprint density at radius 3 is 2.50 bits per heavy atom. The number of carbonyl (C=O) groups is 1. The van der Waals surface area contributed by atoms with Gasteiger partial charge in [0.25, 0.3) is 0 Å². The number of carbonyl (C=O) groups excluding carboxylic acids is 1. The average molecular weight is 404 g/mol. The van der Waals surface area contributed by atoms with Gasteiger partial charge in [-0.3, -0.25) is 4.79 Å². The van der Waals surface area contributed by atoms with Gasteiger partial charge in [-0.25, -0.2) is 4.39 Å². The molecule has 0 aliphatic carbocycles. The first-order valence-corrected chi connectivity index (χ1v) is 10.1. The molecular formula is C17H16Cl2FNOS2. The van der Waals surface area contributed by atoms with Crippen molar-refractivity contribution in [3.63, 3.8) is 0 Å². The third-order valence-corrected chi connectivity index (χ3v) is 5.49. The van der Waals surface area contributed by atoms with E-state index < -0.39 is 0 Å². The van der Waals surface area contributed by atoms with Crippen LogP contribution in [-0.2, 0) is 10.5 Å². The number of hydrogen-bond donors (Lipinski definition) is 1. The van der Waals surface area contributed by atoms with Gasteiger partial charge in [0.1, 0.15) is 5.82 Å². The van der Waals surface area contributed by atoms with Gasteiger partial charge in [-0.1, -0.05) is 29.3 Å². The zero-order valence-electron chi connectivity index (χ0n) is 12.7. The summed E-state index contributed by atoms with van der Waals surface area (Å²) in [6, 6.07) is 12.2. The SMILES string of the molecule is O=C(CSCc1ccc(Cl)cc1F)NCCSc1ccc(Cl)cc1. The molecule has 0 saturated heterocycles. The number of thioether (sulfide) groups is 2. The molecule has 0 fully saturated rings. The molecule has 0 saturated carbocycles. The van der Waals surface area contributed by atoms with Crippen LogP contribution in [0.15, 0.2) is 47.4 Å². The Bertz CT molecular complexity index is 683. The maximum absolute atomic E-state index is 13.6. The first-order chi connectivity index (χ1) is 11.5. The van der Waals surface area contributed by atoms with E-state index in [0.717, 1.165) is 10.6 Å². The minimum atomic E-state index is -0.338. The predicted octanol–water partition coefficient (Wildman–Crippen LogP) is 5.27. The third kappa shape index (κ3) is 6.93. The Kier molecular flexibility index (Phi) is 8.25. The molecule has 0 aliphatic heterocycles. The molecule has 0 bridgehead atoms. The van der Waals surface area contributed by atoms with Crippen molar-refractivity contribution in [3.05, 3.63) is 63.9 Å². The van der Waals surface area contributed by atoms with E-state index in [9.17, 15) is 9.18 Å². The number of hydrogen-bond acceptors (Lipinski definition) is 3. The first-order valence-electron chi connectivity index (χ1n) is 7.21. The fourth-order valence-corrected chi connectivity index (χ4v) is 3.73. The van der Waals surface area contributed by atoms with Crippen molar-refractivity contribution in [2.45, 2.75) is 10.6 Å². The highest BCUT2D eigenvalue weighted by atomic mass is 35.5. The number of rotatable bonds is 8. The summed E-state index contributed by atoms with van der Waals surface area (Å²) in [5.74, 6) is 1.13. The van der Waals surface area contributed by atoms with Crippen LogP contribution in [0.2, 0.25) is 10.0 Å². The molecule has 0 spiro atoms. The van der Waals surface area contributed by atoms with E-state index in [4.69, 9.17) is 23.2 Å². The van der Waals surface area contributed by atoms with Crippen LogP contribution in [0.4, 0.5) is 4.39 Å². The van der Waals surface area contributed by atoms with Gasteiger partial charge >= 0.3 is 0 Å². The monoisotopic (exact) mass is 403 g/mol. The Labute approximate surface area is 159 Å². The highest BCUT2D eigenvalue weighted by molar-refractivity contribution is 7.99. The van der Waals surface area contributed by atoms with Crippen LogP contribution in [0.25, 0.3) is 0 Å². The molecule has 7 heteroatoms. The van der Waals surface area contributed by atoms with Crippen LogP contribution in [0.5, 0.6) is 0 Å². The molecule has 0 aromatic heterocycles. The predicted molar refractivity (Wildman–Crippen MR) is 103 cm³/mol. The van der Waals surface area contributed by atoms with Crippen LogP contribution in [0.3, 0.4) is 0 Å².